The number of rotatable bonds is 11. The molecule has 2 rings (SSSR count). The van der Waals surface area contributed by atoms with Crippen molar-refractivity contribution in [3.05, 3.63) is 0 Å². The van der Waals surface area contributed by atoms with E-state index in [1.165, 1.54) is 0 Å². The van der Waals surface area contributed by atoms with E-state index in [2.05, 4.69) is 66.0 Å². The third kappa shape index (κ3) is 10.5. The van der Waals surface area contributed by atoms with Gasteiger partial charge in [0.2, 0.25) is 0 Å². The number of hydrogen-bond acceptors (Lipinski definition) is 6. The van der Waals surface area contributed by atoms with E-state index in [0.29, 0.717) is 19.8 Å². The molecule has 0 atom stereocenters. The first kappa shape index (κ1) is 27.6. The smallest absolute Gasteiger partial charge is 0.306 e. The summed E-state index contributed by atoms with van der Waals surface area (Å²) in [7, 11) is 0. The number of carbonyl (C=O) groups is 1. The SMILES string of the molecule is CC1(C)CC(OCOCCCCCCC(=O)OC2CC(C)(C)NC(C)(C)C2)CC(C)(C)N1. The molecule has 2 heterocycles. The molecule has 2 N–H and O–H groups in total. The van der Waals surface area contributed by atoms with Crippen LogP contribution in [-0.4, -0.2) is 53.7 Å². The fraction of sp³-hybridized carbons (Fsp3) is 0.962. The van der Waals surface area contributed by atoms with Crippen LogP contribution < -0.4 is 10.6 Å². The summed E-state index contributed by atoms with van der Waals surface area (Å²) in [6, 6.07) is 0. The lowest BCUT2D eigenvalue weighted by Crippen LogP contribution is -2.59. The van der Waals surface area contributed by atoms with Gasteiger partial charge in [-0.25, -0.2) is 0 Å². The van der Waals surface area contributed by atoms with Crippen LogP contribution in [0.3, 0.4) is 0 Å². The lowest BCUT2D eigenvalue weighted by atomic mass is 9.81. The van der Waals surface area contributed by atoms with E-state index < -0.39 is 0 Å². The van der Waals surface area contributed by atoms with Crippen LogP contribution in [0.5, 0.6) is 0 Å². The molecule has 6 nitrogen and oxygen atoms in total. The van der Waals surface area contributed by atoms with Gasteiger partial charge in [-0.3, -0.25) is 4.79 Å². The Morgan fingerprint density at radius 1 is 0.719 bits per heavy atom. The Hall–Kier alpha value is -0.690. The zero-order valence-electron chi connectivity index (χ0n) is 22.1. The number of unbranched alkanes of at least 4 members (excludes halogenated alkanes) is 3. The highest BCUT2D eigenvalue weighted by Gasteiger charge is 2.39. The molecule has 0 unspecified atom stereocenters. The second-order valence-electron chi connectivity index (χ2n) is 12.7. The van der Waals surface area contributed by atoms with Crippen LogP contribution in [0.25, 0.3) is 0 Å². The van der Waals surface area contributed by atoms with Gasteiger partial charge in [0.1, 0.15) is 12.9 Å². The zero-order valence-corrected chi connectivity index (χ0v) is 22.1. The molecule has 0 bridgehead atoms. The molecule has 2 saturated heterocycles. The van der Waals surface area contributed by atoms with Crippen molar-refractivity contribution in [2.75, 3.05) is 13.4 Å². The average molecular weight is 455 g/mol. The van der Waals surface area contributed by atoms with E-state index in [-0.39, 0.29) is 40.3 Å². The lowest BCUT2D eigenvalue weighted by Gasteiger charge is -2.46. The van der Waals surface area contributed by atoms with Crippen LogP contribution in [0.2, 0.25) is 0 Å². The molecule has 0 aliphatic carbocycles. The van der Waals surface area contributed by atoms with Gasteiger partial charge in [-0.05, 0) is 81.1 Å². The van der Waals surface area contributed by atoms with Crippen molar-refractivity contribution in [2.45, 2.75) is 148 Å². The molecule has 0 saturated carbocycles. The molecule has 0 aromatic rings. The van der Waals surface area contributed by atoms with E-state index in [9.17, 15) is 4.79 Å². The summed E-state index contributed by atoms with van der Waals surface area (Å²) in [4.78, 5) is 12.3. The zero-order chi connectivity index (χ0) is 24.0. The van der Waals surface area contributed by atoms with Gasteiger partial charge in [0.15, 0.2) is 0 Å². The number of carbonyl (C=O) groups excluding carboxylic acids is 1. The van der Waals surface area contributed by atoms with Gasteiger partial charge in [0, 0.05) is 48.0 Å². The van der Waals surface area contributed by atoms with Gasteiger partial charge in [0.05, 0.1) is 6.10 Å². The summed E-state index contributed by atoms with van der Waals surface area (Å²) in [5, 5.41) is 7.30. The predicted octanol–water partition coefficient (Wildman–Crippen LogP) is 5.09. The third-order valence-electron chi connectivity index (χ3n) is 6.41. The highest BCUT2D eigenvalue weighted by molar-refractivity contribution is 5.69. The van der Waals surface area contributed by atoms with Gasteiger partial charge in [0.25, 0.3) is 0 Å². The van der Waals surface area contributed by atoms with Gasteiger partial charge in [-0.15, -0.1) is 0 Å². The van der Waals surface area contributed by atoms with Gasteiger partial charge in [-0.2, -0.15) is 0 Å². The van der Waals surface area contributed by atoms with Gasteiger partial charge >= 0.3 is 5.97 Å². The largest absolute Gasteiger partial charge is 0.462 e. The van der Waals surface area contributed by atoms with E-state index in [0.717, 1.165) is 51.4 Å². The fourth-order valence-corrected chi connectivity index (χ4v) is 5.93. The summed E-state index contributed by atoms with van der Waals surface area (Å²) in [6.07, 6.45) is 8.47. The molecule has 2 aliphatic rings. The molecule has 32 heavy (non-hydrogen) atoms. The van der Waals surface area contributed by atoms with Crippen molar-refractivity contribution in [1.29, 1.82) is 0 Å². The molecule has 2 fully saturated rings. The Morgan fingerprint density at radius 2 is 1.19 bits per heavy atom. The second kappa shape index (κ2) is 11.2. The first-order valence-electron chi connectivity index (χ1n) is 12.6. The predicted molar refractivity (Wildman–Crippen MR) is 130 cm³/mol. The molecule has 0 aromatic carbocycles. The van der Waals surface area contributed by atoms with Crippen LogP contribution in [0, 0.1) is 0 Å². The van der Waals surface area contributed by atoms with Gasteiger partial charge in [-0.1, -0.05) is 12.8 Å². The topological polar surface area (TPSA) is 68.8 Å². The molecular formula is C26H50N2O4. The van der Waals surface area contributed by atoms with Crippen molar-refractivity contribution >= 4 is 5.97 Å². The van der Waals surface area contributed by atoms with Crippen LogP contribution >= 0.6 is 0 Å². The normalized spacial score (nSPS) is 24.9. The van der Waals surface area contributed by atoms with Crippen molar-refractivity contribution < 1.29 is 19.0 Å². The monoisotopic (exact) mass is 454 g/mol. The summed E-state index contributed by atoms with van der Waals surface area (Å²) in [5.74, 6) is -0.0547. The minimum atomic E-state index is -0.0547. The fourth-order valence-electron chi connectivity index (χ4n) is 5.93. The lowest BCUT2D eigenvalue weighted by molar-refractivity contribution is -0.153. The minimum Gasteiger partial charge on any atom is -0.462 e. The van der Waals surface area contributed by atoms with Crippen molar-refractivity contribution in [1.82, 2.24) is 10.6 Å². The van der Waals surface area contributed by atoms with E-state index in [1.54, 1.807) is 0 Å². The summed E-state index contributed by atoms with van der Waals surface area (Å²) < 4.78 is 17.5. The number of hydrogen-bond donors (Lipinski definition) is 2. The number of esters is 1. The van der Waals surface area contributed by atoms with Gasteiger partial charge < -0.3 is 24.8 Å². The quantitative estimate of drug-likeness (QED) is 0.257. The summed E-state index contributed by atoms with van der Waals surface area (Å²) in [5.41, 5.74) is 0.176. The van der Waals surface area contributed by atoms with E-state index in [1.807, 2.05) is 0 Å². The molecule has 0 aromatic heterocycles. The first-order chi connectivity index (χ1) is 14.7. The third-order valence-corrected chi connectivity index (χ3v) is 6.41. The van der Waals surface area contributed by atoms with Crippen LogP contribution in [0.4, 0.5) is 0 Å². The molecular weight excluding hydrogens is 404 g/mol. The Balaban J connectivity index is 1.49. The summed E-state index contributed by atoms with van der Waals surface area (Å²) >= 11 is 0. The highest BCUT2D eigenvalue weighted by atomic mass is 16.7. The first-order valence-corrected chi connectivity index (χ1v) is 12.6. The molecule has 0 amide bonds. The molecule has 6 heteroatoms. The second-order valence-corrected chi connectivity index (χ2v) is 12.7. The number of ether oxygens (including phenoxy) is 3. The van der Waals surface area contributed by atoms with E-state index >= 15 is 0 Å². The standard InChI is InChI=1S/C26H50N2O4/c1-23(2)15-20(16-24(3,4)27-23)31-19-30-14-12-10-9-11-13-22(29)32-21-17-25(5,6)28-26(7,8)18-21/h20-21,27-28H,9-19H2,1-8H3. The van der Waals surface area contributed by atoms with Crippen LogP contribution in [0.1, 0.15) is 113 Å². The Morgan fingerprint density at radius 3 is 1.72 bits per heavy atom. The Kier molecular flexibility index (Phi) is 9.61. The van der Waals surface area contributed by atoms with Crippen LogP contribution in [-0.2, 0) is 19.0 Å². The highest BCUT2D eigenvalue weighted by Crippen LogP contribution is 2.31. The Bertz CT molecular complexity index is 569. The van der Waals surface area contributed by atoms with Crippen molar-refractivity contribution in [2.24, 2.45) is 0 Å². The number of nitrogens with one attached hydrogen (secondary N) is 2. The maximum atomic E-state index is 12.3. The molecule has 0 radical (unpaired) electrons. The van der Waals surface area contributed by atoms with Crippen molar-refractivity contribution in [3.63, 3.8) is 0 Å². The average Bonchev–Trinajstić information content (AvgIpc) is 2.54. The van der Waals surface area contributed by atoms with Crippen LogP contribution in [0.15, 0.2) is 0 Å². The maximum Gasteiger partial charge on any atom is 0.306 e. The summed E-state index contributed by atoms with van der Waals surface area (Å²) in [6.45, 7) is 18.7. The number of piperidine rings is 2. The minimum absolute atomic E-state index is 0.00328. The Labute approximate surface area is 196 Å². The van der Waals surface area contributed by atoms with Crippen molar-refractivity contribution in [3.8, 4) is 0 Å². The molecule has 188 valence electrons. The van der Waals surface area contributed by atoms with E-state index in [4.69, 9.17) is 14.2 Å². The maximum absolute atomic E-state index is 12.3. The molecule has 0 spiro atoms. The molecule has 2 aliphatic heterocycles.